The second-order valence-corrected chi connectivity index (χ2v) is 6.47. The van der Waals surface area contributed by atoms with Crippen LogP contribution in [-0.4, -0.2) is 54.4 Å². The Bertz CT molecular complexity index is 694. The minimum atomic E-state index is 0. The lowest BCUT2D eigenvalue weighted by atomic mass is 9.93. The predicted molar refractivity (Wildman–Crippen MR) is 105 cm³/mol. The first-order valence-corrected chi connectivity index (χ1v) is 8.85. The van der Waals surface area contributed by atoms with Gasteiger partial charge >= 0.3 is 0 Å². The minimum absolute atomic E-state index is 0. The highest BCUT2D eigenvalue weighted by Gasteiger charge is 2.24. The number of rotatable bonds is 6. The number of piperidine rings is 1. The highest BCUT2D eigenvalue weighted by molar-refractivity contribution is 5.92. The molecule has 0 aliphatic carbocycles. The third kappa shape index (κ3) is 4.77. The Kier molecular flexibility index (Phi) is 7.48. The van der Waals surface area contributed by atoms with E-state index in [4.69, 9.17) is 4.74 Å². The summed E-state index contributed by atoms with van der Waals surface area (Å²) < 4.78 is 6.90. The van der Waals surface area contributed by atoms with Crippen molar-refractivity contribution in [1.29, 1.82) is 0 Å². The van der Waals surface area contributed by atoms with E-state index in [0.717, 1.165) is 43.9 Å². The van der Waals surface area contributed by atoms with Crippen molar-refractivity contribution in [1.82, 2.24) is 20.0 Å². The Balaban J connectivity index is 0.00000243. The van der Waals surface area contributed by atoms with Gasteiger partial charge in [-0.15, -0.1) is 12.4 Å². The number of ether oxygens (including phenoxy) is 1. The minimum Gasteiger partial charge on any atom is -0.497 e. The number of nitrogens with one attached hydrogen (secondary N) is 1. The van der Waals surface area contributed by atoms with Gasteiger partial charge in [0.25, 0.3) is 5.91 Å². The molecular weight excluding hydrogens is 352 g/mol. The number of amides is 1. The zero-order chi connectivity index (χ0) is 17.6. The number of nitrogens with zero attached hydrogens (tertiary/aromatic N) is 3. The molecule has 0 radical (unpaired) electrons. The van der Waals surface area contributed by atoms with Crippen molar-refractivity contribution in [3.05, 3.63) is 42.2 Å². The largest absolute Gasteiger partial charge is 0.497 e. The van der Waals surface area contributed by atoms with Crippen LogP contribution in [0.2, 0.25) is 0 Å². The van der Waals surface area contributed by atoms with Crippen molar-refractivity contribution in [2.75, 3.05) is 33.8 Å². The maximum Gasteiger partial charge on any atom is 0.274 e. The van der Waals surface area contributed by atoms with Crippen LogP contribution in [0.1, 0.15) is 29.8 Å². The molecule has 26 heavy (non-hydrogen) atoms. The lowest BCUT2D eigenvalue weighted by Gasteiger charge is -2.31. The first-order valence-electron chi connectivity index (χ1n) is 8.85. The average Bonchev–Trinajstić information content (AvgIpc) is 3.16. The molecule has 0 bridgehead atoms. The number of halogens is 1. The third-order valence-electron chi connectivity index (χ3n) is 4.85. The third-order valence-corrected chi connectivity index (χ3v) is 4.85. The Labute approximate surface area is 160 Å². The van der Waals surface area contributed by atoms with Crippen LogP contribution in [-0.2, 0) is 0 Å². The molecule has 1 amide bonds. The molecule has 2 heterocycles. The van der Waals surface area contributed by atoms with E-state index in [2.05, 4.69) is 10.4 Å². The van der Waals surface area contributed by atoms with E-state index in [1.54, 1.807) is 17.9 Å². The van der Waals surface area contributed by atoms with Crippen LogP contribution in [0.3, 0.4) is 0 Å². The van der Waals surface area contributed by atoms with E-state index in [1.165, 1.54) is 6.42 Å². The zero-order valence-corrected chi connectivity index (χ0v) is 16.2. The molecule has 0 saturated carbocycles. The zero-order valence-electron chi connectivity index (χ0n) is 15.4. The van der Waals surface area contributed by atoms with Gasteiger partial charge in [0.15, 0.2) is 5.69 Å². The van der Waals surface area contributed by atoms with E-state index in [0.29, 0.717) is 11.6 Å². The van der Waals surface area contributed by atoms with Crippen LogP contribution in [0.4, 0.5) is 0 Å². The fourth-order valence-electron chi connectivity index (χ4n) is 3.25. The summed E-state index contributed by atoms with van der Waals surface area (Å²) in [5.41, 5.74) is 1.41. The molecule has 0 unspecified atom stereocenters. The van der Waals surface area contributed by atoms with Gasteiger partial charge < -0.3 is 15.0 Å². The van der Waals surface area contributed by atoms with Crippen LogP contribution < -0.4 is 10.1 Å². The highest BCUT2D eigenvalue weighted by atomic mass is 35.5. The van der Waals surface area contributed by atoms with E-state index < -0.39 is 0 Å². The van der Waals surface area contributed by atoms with E-state index in [9.17, 15) is 4.79 Å². The van der Waals surface area contributed by atoms with Gasteiger partial charge in [-0.3, -0.25) is 4.79 Å². The first kappa shape index (κ1) is 20.3. The SMILES string of the molecule is CNCCC1CCN(C(=O)c2ccn(-c3ccc(OC)cc3)n2)CC1.Cl. The first-order chi connectivity index (χ1) is 12.2. The maximum atomic E-state index is 12.7. The predicted octanol–water partition coefficient (Wildman–Crippen LogP) is 2.76. The molecule has 1 aromatic heterocycles. The number of hydrogen-bond donors (Lipinski definition) is 1. The van der Waals surface area contributed by atoms with Gasteiger partial charge in [0, 0.05) is 19.3 Å². The van der Waals surface area contributed by atoms with Gasteiger partial charge in [-0.25, -0.2) is 4.68 Å². The lowest BCUT2D eigenvalue weighted by Crippen LogP contribution is -2.39. The fraction of sp³-hybridized carbons (Fsp3) is 0.474. The van der Waals surface area contributed by atoms with E-state index in [1.807, 2.05) is 42.4 Å². The molecule has 6 nitrogen and oxygen atoms in total. The van der Waals surface area contributed by atoms with E-state index >= 15 is 0 Å². The molecule has 1 fully saturated rings. The summed E-state index contributed by atoms with van der Waals surface area (Å²) in [5, 5.41) is 7.65. The molecular formula is C19H27ClN4O2. The molecule has 0 atom stereocenters. The molecule has 1 aromatic carbocycles. The summed E-state index contributed by atoms with van der Waals surface area (Å²) >= 11 is 0. The molecule has 0 spiro atoms. The van der Waals surface area contributed by atoms with Gasteiger partial charge in [-0.2, -0.15) is 5.10 Å². The van der Waals surface area contributed by atoms with Gasteiger partial charge in [-0.1, -0.05) is 0 Å². The summed E-state index contributed by atoms with van der Waals surface area (Å²) in [6, 6.07) is 9.41. The van der Waals surface area contributed by atoms with Crippen molar-refractivity contribution in [3.8, 4) is 11.4 Å². The van der Waals surface area contributed by atoms with Gasteiger partial charge in [0.05, 0.1) is 12.8 Å². The smallest absolute Gasteiger partial charge is 0.274 e. The number of benzene rings is 1. The molecule has 142 valence electrons. The standard InChI is InChI=1S/C19H26N4O2.ClH/c1-20-11-7-15-8-12-22(13-9-15)19(24)18-10-14-23(21-18)16-3-5-17(25-2)6-4-16;/h3-6,10,14-15,20H,7-9,11-13H2,1-2H3;1H. The number of aromatic nitrogens is 2. The number of carbonyl (C=O) groups excluding carboxylic acids is 1. The van der Waals surface area contributed by atoms with Crippen LogP contribution in [0.15, 0.2) is 36.5 Å². The maximum absolute atomic E-state index is 12.7. The van der Waals surface area contributed by atoms with Crippen LogP contribution >= 0.6 is 12.4 Å². The Morgan fingerprint density at radius 1 is 1.23 bits per heavy atom. The Morgan fingerprint density at radius 2 is 1.92 bits per heavy atom. The fourth-order valence-corrected chi connectivity index (χ4v) is 3.25. The second kappa shape index (κ2) is 9.59. The molecule has 1 saturated heterocycles. The Morgan fingerprint density at radius 3 is 2.54 bits per heavy atom. The van der Waals surface area contributed by atoms with Crippen LogP contribution in [0, 0.1) is 5.92 Å². The topological polar surface area (TPSA) is 59.4 Å². The second-order valence-electron chi connectivity index (χ2n) is 6.47. The van der Waals surface area contributed by atoms with Crippen molar-refractivity contribution in [3.63, 3.8) is 0 Å². The Hall–Kier alpha value is -2.05. The molecule has 7 heteroatoms. The molecule has 2 aromatic rings. The monoisotopic (exact) mass is 378 g/mol. The number of methoxy groups -OCH3 is 1. The summed E-state index contributed by atoms with van der Waals surface area (Å²) in [6.45, 7) is 2.69. The molecule has 1 aliphatic rings. The normalized spacial score (nSPS) is 14.8. The summed E-state index contributed by atoms with van der Waals surface area (Å²) in [4.78, 5) is 14.6. The van der Waals surface area contributed by atoms with Crippen molar-refractivity contribution in [2.45, 2.75) is 19.3 Å². The molecule has 3 rings (SSSR count). The quantitative estimate of drug-likeness (QED) is 0.839. The average molecular weight is 379 g/mol. The number of hydrogen-bond acceptors (Lipinski definition) is 4. The van der Waals surface area contributed by atoms with Crippen molar-refractivity contribution < 1.29 is 9.53 Å². The summed E-state index contributed by atoms with van der Waals surface area (Å²) in [6.07, 6.45) is 5.17. The summed E-state index contributed by atoms with van der Waals surface area (Å²) in [5.74, 6) is 1.54. The summed E-state index contributed by atoms with van der Waals surface area (Å²) in [7, 11) is 3.62. The van der Waals surface area contributed by atoms with Crippen molar-refractivity contribution in [2.24, 2.45) is 5.92 Å². The van der Waals surface area contributed by atoms with E-state index in [-0.39, 0.29) is 18.3 Å². The number of carbonyl (C=O) groups is 1. The van der Waals surface area contributed by atoms with Gasteiger partial charge in [0.1, 0.15) is 5.75 Å². The van der Waals surface area contributed by atoms with Gasteiger partial charge in [-0.05, 0) is 69.1 Å². The highest BCUT2D eigenvalue weighted by Crippen LogP contribution is 2.21. The van der Waals surface area contributed by atoms with Crippen LogP contribution in [0.25, 0.3) is 5.69 Å². The number of likely N-dealkylation sites (tertiary alicyclic amines) is 1. The lowest BCUT2D eigenvalue weighted by molar-refractivity contribution is 0.0680. The molecule has 1 N–H and O–H groups in total. The van der Waals surface area contributed by atoms with Gasteiger partial charge in [0.2, 0.25) is 0 Å². The van der Waals surface area contributed by atoms with Crippen molar-refractivity contribution >= 4 is 18.3 Å². The van der Waals surface area contributed by atoms with Crippen LogP contribution in [0.5, 0.6) is 5.75 Å². The molecule has 1 aliphatic heterocycles.